The Kier molecular flexibility index (Phi) is 4.80. The van der Waals surface area contributed by atoms with Gasteiger partial charge in [-0.1, -0.05) is 0 Å². The molecule has 2 aromatic rings. The van der Waals surface area contributed by atoms with Gasteiger partial charge in [0.05, 0.1) is 24.8 Å². The first kappa shape index (κ1) is 18.6. The van der Waals surface area contributed by atoms with Crippen molar-refractivity contribution >= 4 is 12.1 Å². The molecule has 29 heavy (non-hydrogen) atoms. The van der Waals surface area contributed by atoms with Gasteiger partial charge in [0, 0.05) is 36.9 Å². The lowest BCUT2D eigenvalue weighted by Gasteiger charge is -2.49. The first-order valence-corrected chi connectivity index (χ1v) is 10.1. The fourth-order valence-electron chi connectivity index (χ4n) is 4.80. The first-order chi connectivity index (χ1) is 14.1. The van der Waals surface area contributed by atoms with E-state index in [-0.39, 0.29) is 6.29 Å². The van der Waals surface area contributed by atoms with Crippen LogP contribution in [0.15, 0.2) is 30.5 Å². The zero-order valence-corrected chi connectivity index (χ0v) is 16.1. The van der Waals surface area contributed by atoms with E-state index in [4.69, 9.17) is 4.74 Å². The van der Waals surface area contributed by atoms with Crippen molar-refractivity contribution < 1.29 is 18.3 Å². The lowest BCUT2D eigenvalue weighted by atomic mass is 10.0. The lowest BCUT2D eigenvalue weighted by Crippen LogP contribution is -2.63. The van der Waals surface area contributed by atoms with E-state index in [1.165, 1.54) is 25.0 Å². The molecule has 2 bridgehead atoms. The van der Waals surface area contributed by atoms with Crippen LogP contribution >= 0.6 is 0 Å². The number of anilines is 1. The van der Waals surface area contributed by atoms with E-state index in [1.807, 2.05) is 12.1 Å². The van der Waals surface area contributed by atoms with Gasteiger partial charge >= 0.3 is 0 Å². The van der Waals surface area contributed by atoms with Crippen LogP contribution in [-0.2, 0) is 4.74 Å². The van der Waals surface area contributed by atoms with E-state index in [0.29, 0.717) is 29.3 Å². The SMILES string of the molecule is O=Cc1c(F)cc(-c2ccc(N3CC4CCCC3CN4C3COC3)nc2)cc1F. The molecule has 4 saturated heterocycles. The Hall–Kier alpha value is -2.38. The van der Waals surface area contributed by atoms with Gasteiger partial charge in [0.1, 0.15) is 17.5 Å². The highest BCUT2D eigenvalue weighted by Gasteiger charge is 2.41. The van der Waals surface area contributed by atoms with Crippen molar-refractivity contribution in [2.24, 2.45) is 0 Å². The standard InChI is InChI=1S/C22H23F2N3O2/c23-20-6-15(7-21(24)19(20)11-28)14-4-5-22(25-8-14)27-10-16-2-1-3-17(27)9-26(16)18-12-29-13-18/h4-8,11,16-18H,1-3,9-10,12-13H2. The number of benzene rings is 1. The van der Waals surface area contributed by atoms with Crippen LogP contribution in [-0.4, -0.2) is 60.6 Å². The number of hydrogen-bond donors (Lipinski definition) is 0. The van der Waals surface area contributed by atoms with Crippen molar-refractivity contribution in [3.63, 3.8) is 0 Å². The van der Waals surface area contributed by atoms with Crippen LogP contribution in [0.5, 0.6) is 0 Å². The lowest BCUT2D eigenvalue weighted by molar-refractivity contribution is -0.0838. The van der Waals surface area contributed by atoms with Crippen molar-refractivity contribution in [3.05, 3.63) is 47.7 Å². The zero-order valence-electron chi connectivity index (χ0n) is 16.1. The van der Waals surface area contributed by atoms with Gasteiger partial charge in [-0.3, -0.25) is 9.69 Å². The third kappa shape index (κ3) is 3.32. The highest BCUT2D eigenvalue weighted by molar-refractivity contribution is 5.78. The van der Waals surface area contributed by atoms with E-state index in [0.717, 1.165) is 38.5 Å². The minimum absolute atomic E-state index is 0.198. The van der Waals surface area contributed by atoms with Crippen LogP contribution in [0.4, 0.5) is 14.6 Å². The highest BCUT2D eigenvalue weighted by Crippen LogP contribution is 2.34. The number of hydrogen-bond acceptors (Lipinski definition) is 5. The summed E-state index contributed by atoms with van der Waals surface area (Å²) in [6, 6.07) is 7.62. The number of rotatable bonds is 4. The number of aromatic nitrogens is 1. The molecule has 152 valence electrons. The molecule has 5 heterocycles. The number of ether oxygens (including phenoxy) is 1. The summed E-state index contributed by atoms with van der Waals surface area (Å²) in [6.45, 7) is 3.66. The van der Waals surface area contributed by atoms with Crippen molar-refractivity contribution in [2.45, 2.75) is 37.4 Å². The summed E-state index contributed by atoms with van der Waals surface area (Å²) in [4.78, 5) is 20.4. The van der Waals surface area contributed by atoms with E-state index in [9.17, 15) is 13.6 Å². The summed E-state index contributed by atoms with van der Waals surface area (Å²) < 4.78 is 33.3. The largest absolute Gasteiger partial charge is 0.378 e. The molecule has 0 saturated carbocycles. The van der Waals surface area contributed by atoms with Gasteiger partial charge in [0.15, 0.2) is 6.29 Å². The number of piperazine rings is 1. The van der Waals surface area contributed by atoms with Gasteiger partial charge in [0.2, 0.25) is 0 Å². The number of carbonyl (C=O) groups excluding carboxylic acids is 1. The number of aldehydes is 1. The maximum Gasteiger partial charge on any atom is 0.155 e. The molecule has 0 radical (unpaired) electrons. The van der Waals surface area contributed by atoms with E-state index < -0.39 is 17.2 Å². The molecule has 2 unspecified atom stereocenters. The first-order valence-electron chi connectivity index (χ1n) is 10.1. The van der Waals surface area contributed by atoms with Gasteiger partial charge < -0.3 is 9.64 Å². The molecule has 4 fully saturated rings. The third-order valence-corrected chi connectivity index (χ3v) is 6.48. The summed E-state index contributed by atoms with van der Waals surface area (Å²) >= 11 is 0. The van der Waals surface area contributed by atoms with E-state index >= 15 is 0 Å². The summed E-state index contributed by atoms with van der Waals surface area (Å²) in [7, 11) is 0. The topological polar surface area (TPSA) is 45.7 Å². The van der Waals surface area contributed by atoms with E-state index in [2.05, 4.69) is 14.8 Å². The minimum Gasteiger partial charge on any atom is -0.378 e. The maximum absolute atomic E-state index is 13.9. The second kappa shape index (κ2) is 7.46. The predicted octanol–water partition coefficient (Wildman–Crippen LogP) is 3.28. The number of fused-ring (bicyclic) bond motifs is 4. The van der Waals surface area contributed by atoms with Gasteiger partial charge in [-0.15, -0.1) is 0 Å². The molecule has 0 spiro atoms. The van der Waals surface area contributed by atoms with Crippen molar-refractivity contribution in [2.75, 3.05) is 31.2 Å². The molecule has 6 rings (SSSR count). The smallest absolute Gasteiger partial charge is 0.155 e. The molecular weight excluding hydrogens is 376 g/mol. The van der Waals surface area contributed by atoms with E-state index in [1.54, 1.807) is 6.20 Å². The predicted molar refractivity (Wildman–Crippen MR) is 105 cm³/mol. The van der Waals surface area contributed by atoms with Crippen molar-refractivity contribution in [1.82, 2.24) is 9.88 Å². The second-order valence-corrected chi connectivity index (χ2v) is 8.16. The Morgan fingerprint density at radius 1 is 1.00 bits per heavy atom. The Morgan fingerprint density at radius 3 is 2.38 bits per heavy atom. The van der Waals surface area contributed by atoms with Crippen molar-refractivity contribution in [1.29, 1.82) is 0 Å². The number of halogens is 2. The molecule has 1 aromatic carbocycles. The number of pyridine rings is 1. The van der Waals surface area contributed by atoms with Crippen LogP contribution in [0, 0.1) is 11.6 Å². The summed E-state index contributed by atoms with van der Waals surface area (Å²) in [5.41, 5.74) is 0.454. The van der Waals surface area contributed by atoms with Gasteiger partial charge in [-0.25, -0.2) is 13.8 Å². The summed E-state index contributed by atoms with van der Waals surface area (Å²) in [6.07, 6.45) is 5.41. The fraction of sp³-hybridized carbons (Fsp3) is 0.455. The Labute approximate surface area is 168 Å². The molecular formula is C22H23F2N3O2. The zero-order chi connectivity index (χ0) is 20.0. The Bertz CT molecular complexity index is 894. The number of carbonyl (C=O) groups is 1. The summed E-state index contributed by atoms with van der Waals surface area (Å²) in [5.74, 6) is -0.812. The van der Waals surface area contributed by atoms with Crippen LogP contribution in [0.2, 0.25) is 0 Å². The molecule has 5 nitrogen and oxygen atoms in total. The summed E-state index contributed by atoms with van der Waals surface area (Å²) in [5, 5.41) is 0. The monoisotopic (exact) mass is 399 g/mol. The van der Waals surface area contributed by atoms with Gasteiger partial charge in [0.25, 0.3) is 0 Å². The second-order valence-electron chi connectivity index (χ2n) is 8.16. The molecule has 4 aliphatic rings. The molecule has 2 atom stereocenters. The molecule has 4 aliphatic heterocycles. The maximum atomic E-state index is 13.9. The van der Waals surface area contributed by atoms with Gasteiger partial charge in [-0.05, 0) is 49.1 Å². The van der Waals surface area contributed by atoms with Crippen LogP contribution in [0.3, 0.4) is 0 Å². The van der Waals surface area contributed by atoms with Crippen LogP contribution in [0.1, 0.15) is 29.6 Å². The normalized spacial score (nSPS) is 25.0. The quantitative estimate of drug-likeness (QED) is 0.739. The molecule has 0 aliphatic carbocycles. The average Bonchev–Trinajstić information content (AvgIpc) is 3.00. The Balaban J connectivity index is 1.37. The highest BCUT2D eigenvalue weighted by atomic mass is 19.1. The van der Waals surface area contributed by atoms with Crippen LogP contribution in [0.25, 0.3) is 11.1 Å². The molecule has 0 amide bonds. The fourth-order valence-corrected chi connectivity index (χ4v) is 4.80. The van der Waals surface area contributed by atoms with Gasteiger partial charge in [-0.2, -0.15) is 0 Å². The molecule has 7 heteroatoms. The molecule has 0 N–H and O–H groups in total. The van der Waals surface area contributed by atoms with Crippen LogP contribution < -0.4 is 4.90 Å². The van der Waals surface area contributed by atoms with Crippen molar-refractivity contribution in [3.8, 4) is 11.1 Å². The average molecular weight is 399 g/mol. The third-order valence-electron chi connectivity index (χ3n) is 6.48. The molecule has 1 aromatic heterocycles. The Morgan fingerprint density at radius 2 is 1.76 bits per heavy atom. The number of nitrogens with zero attached hydrogens (tertiary/aromatic N) is 3. The minimum atomic E-state index is -0.857.